The fraction of sp³-hybridized carbons (Fsp3) is 1.00. The van der Waals surface area contributed by atoms with Crippen LogP contribution in [0.4, 0.5) is 0 Å². The van der Waals surface area contributed by atoms with Gasteiger partial charge in [0.1, 0.15) is 0 Å². The van der Waals surface area contributed by atoms with Gasteiger partial charge in [-0.25, -0.2) is 0 Å². The molecule has 3 nitrogen and oxygen atoms in total. The van der Waals surface area contributed by atoms with Gasteiger partial charge >= 0.3 is 0 Å². The normalized spacial score (nSPS) is 35.8. The highest BCUT2D eigenvalue weighted by Crippen LogP contribution is 2.23. The van der Waals surface area contributed by atoms with Crippen LogP contribution in [0.1, 0.15) is 32.1 Å². The van der Waals surface area contributed by atoms with Crippen molar-refractivity contribution in [2.75, 3.05) is 26.4 Å². The highest BCUT2D eigenvalue weighted by molar-refractivity contribution is 4.83. The summed E-state index contributed by atoms with van der Waals surface area (Å²) < 4.78 is 5.50. The summed E-state index contributed by atoms with van der Waals surface area (Å²) in [5.74, 6) is 0. The van der Waals surface area contributed by atoms with Crippen molar-refractivity contribution >= 4 is 0 Å². The van der Waals surface area contributed by atoms with E-state index in [1.807, 2.05) is 0 Å². The van der Waals surface area contributed by atoms with E-state index < -0.39 is 0 Å². The van der Waals surface area contributed by atoms with Gasteiger partial charge in [0, 0.05) is 18.7 Å². The Bertz CT molecular complexity index is 169. The second-order valence-electron chi connectivity index (χ2n) is 4.44. The summed E-state index contributed by atoms with van der Waals surface area (Å²) in [4.78, 5) is 2.47. The largest absolute Gasteiger partial charge is 0.395 e. The molecular weight excluding hydrogens is 178 g/mol. The summed E-state index contributed by atoms with van der Waals surface area (Å²) in [6.45, 7) is 3.26. The molecule has 2 heterocycles. The summed E-state index contributed by atoms with van der Waals surface area (Å²) in [7, 11) is 0. The third-order valence-corrected chi connectivity index (χ3v) is 3.49. The van der Waals surface area contributed by atoms with Crippen molar-refractivity contribution in [3.63, 3.8) is 0 Å². The van der Waals surface area contributed by atoms with Gasteiger partial charge in [0.15, 0.2) is 0 Å². The number of likely N-dealkylation sites (tertiary alicyclic amines) is 1. The molecule has 2 aliphatic heterocycles. The van der Waals surface area contributed by atoms with Crippen molar-refractivity contribution in [1.29, 1.82) is 0 Å². The molecule has 2 unspecified atom stereocenters. The zero-order valence-corrected chi connectivity index (χ0v) is 8.82. The first-order valence-corrected chi connectivity index (χ1v) is 5.86. The molecule has 14 heavy (non-hydrogen) atoms. The van der Waals surface area contributed by atoms with Gasteiger partial charge in [0.25, 0.3) is 0 Å². The Kier molecular flexibility index (Phi) is 3.79. The molecule has 0 bridgehead atoms. The minimum Gasteiger partial charge on any atom is -0.395 e. The van der Waals surface area contributed by atoms with Gasteiger partial charge in [-0.05, 0) is 32.2 Å². The van der Waals surface area contributed by atoms with Gasteiger partial charge in [-0.1, -0.05) is 6.42 Å². The molecule has 0 amide bonds. The molecule has 0 aromatic heterocycles. The second kappa shape index (κ2) is 5.10. The third kappa shape index (κ3) is 2.27. The van der Waals surface area contributed by atoms with Gasteiger partial charge in [0.05, 0.1) is 13.2 Å². The van der Waals surface area contributed by atoms with Crippen LogP contribution in [0.15, 0.2) is 0 Å². The molecule has 2 aliphatic rings. The zero-order chi connectivity index (χ0) is 9.80. The monoisotopic (exact) mass is 199 g/mol. The number of nitrogens with zero attached hydrogens (tertiary/aromatic N) is 1. The van der Waals surface area contributed by atoms with E-state index in [0.29, 0.717) is 18.7 Å². The van der Waals surface area contributed by atoms with Crippen LogP contribution in [0.25, 0.3) is 0 Å². The molecule has 0 radical (unpaired) electrons. The van der Waals surface area contributed by atoms with E-state index in [1.54, 1.807) is 0 Å². The van der Waals surface area contributed by atoms with E-state index in [9.17, 15) is 5.11 Å². The molecule has 3 heteroatoms. The summed E-state index contributed by atoms with van der Waals surface area (Å²) in [6.07, 6.45) is 6.14. The minimum atomic E-state index is 0.316. The first kappa shape index (κ1) is 10.4. The highest BCUT2D eigenvalue weighted by Gasteiger charge is 2.29. The first-order valence-electron chi connectivity index (χ1n) is 5.86. The van der Waals surface area contributed by atoms with Crippen molar-refractivity contribution in [3.8, 4) is 0 Å². The molecule has 0 saturated carbocycles. The van der Waals surface area contributed by atoms with Crippen molar-refractivity contribution in [1.82, 2.24) is 4.90 Å². The van der Waals surface area contributed by atoms with Crippen LogP contribution in [-0.2, 0) is 4.74 Å². The third-order valence-electron chi connectivity index (χ3n) is 3.49. The number of ether oxygens (including phenoxy) is 1. The molecule has 0 aromatic rings. The lowest BCUT2D eigenvalue weighted by atomic mass is 9.98. The Morgan fingerprint density at radius 3 is 2.86 bits per heavy atom. The Morgan fingerprint density at radius 1 is 1.21 bits per heavy atom. The lowest BCUT2D eigenvalue weighted by Gasteiger charge is -2.41. The minimum absolute atomic E-state index is 0.316. The number of piperidine rings is 1. The summed E-state index contributed by atoms with van der Waals surface area (Å²) in [5, 5.41) is 9.31. The standard InChI is InChI=1S/C11H21NO2/c13-8-10-4-1-2-6-12(10)11-5-3-7-14-9-11/h10-11,13H,1-9H2. The molecule has 2 fully saturated rings. The van der Waals surface area contributed by atoms with E-state index in [2.05, 4.69) is 4.90 Å². The summed E-state index contributed by atoms with van der Waals surface area (Å²) >= 11 is 0. The first-order chi connectivity index (χ1) is 6.92. The Hall–Kier alpha value is -0.120. The average molecular weight is 199 g/mol. The molecule has 0 spiro atoms. The highest BCUT2D eigenvalue weighted by atomic mass is 16.5. The maximum Gasteiger partial charge on any atom is 0.0621 e. The topological polar surface area (TPSA) is 32.7 Å². The molecule has 0 aliphatic carbocycles. The molecule has 2 saturated heterocycles. The smallest absolute Gasteiger partial charge is 0.0621 e. The van der Waals surface area contributed by atoms with Gasteiger partial charge in [-0.3, -0.25) is 4.90 Å². The van der Waals surface area contributed by atoms with Crippen molar-refractivity contribution in [3.05, 3.63) is 0 Å². The molecule has 2 rings (SSSR count). The van der Waals surface area contributed by atoms with Crippen LogP contribution in [-0.4, -0.2) is 48.5 Å². The number of aliphatic hydroxyl groups excluding tert-OH is 1. The van der Waals surface area contributed by atoms with Gasteiger partial charge in [0.2, 0.25) is 0 Å². The summed E-state index contributed by atoms with van der Waals surface area (Å²) in [6, 6.07) is 0.969. The van der Waals surface area contributed by atoms with Crippen molar-refractivity contribution in [2.45, 2.75) is 44.2 Å². The second-order valence-corrected chi connectivity index (χ2v) is 4.44. The quantitative estimate of drug-likeness (QED) is 0.720. The predicted molar refractivity (Wildman–Crippen MR) is 55.3 cm³/mol. The molecule has 2 atom stereocenters. The SMILES string of the molecule is OCC1CCCCN1C1CCCOC1. The van der Waals surface area contributed by atoms with Gasteiger partial charge < -0.3 is 9.84 Å². The predicted octanol–water partition coefficient (Wildman–Crippen LogP) is 1.01. The zero-order valence-electron chi connectivity index (χ0n) is 8.82. The van der Waals surface area contributed by atoms with Crippen LogP contribution in [0.3, 0.4) is 0 Å². The van der Waals surface area contributed by atoms with Gasteiger partial charge in [-0.2, -0.15) is 0 Å². The van der Waals surface area contributed by atoms with Crippen LogP contribution in [0.5, 0.6) is 0 Å². The fourth-order valence-electron chi connectivity index (χ4n) is 2.68. The van der Waals surface area contributed by atoms with Crippen LogP contribution in [0.2, 0.25) is 0 Å². The van der Waals surface area contributed by atoms with Crippen LogP contribution >= 0.6 is 0 Å². The molecule has 0 aromatic carbocycles. The summed E-state index contributed by atoms with van der Waals surface area (Å²) in [5.41, 5.74) is 0. The number of hydrogen-bond acceptors (Lipinski definition) is 3. The van der Waals surface area contributed by atoms with E-state index in [-0.39, 0.29) is 0 Å². The average Bonchev–Trinajstić information content (AvgIpc) is 2.30. The number of rotatable bonds is 2. The van der Waals surface area contributed by atoms with E-state index in [1.165, 1.54) is 25.7 Å². The fourth-order valence-corrected chi connectivity index (χ4v) is 2.68. The van der Waals surface area contributed by atoms with E-state index in [4.69, 9.17) is 4.74 Å². The maximum atomic E-state index is 9.31. The number of hydrogen-bond donors (Lipinski definition) is 1. The van der Waals surface area contributed by atoms with E-state index in [0.717, 1.165) is 26.2 Å². The Morgan fingerprint density at radius 2 is 2.14 bits per heavy atom. The molecule has 82 valence electrons. The van der Waals surface area contributed by atoms with Crippen LogP contribution in [0, 0.1) is 0 Å². The lowest BCUT2D eigenvalue weighted by Crippen LogP contribution is -2.50. The lowest BCUT2D eigenvalue weighted by molar-refractivity contribution is -0.0237. The van der Waals surface area contributed by atoms with Crippen molar-refractivity contribution < 1.29 is 9.84 Å². The Balaban J connectivity index is 1.91. The Labute approximate surface area is 86.0 Å². The van der Waals surface area contributed by atoms with E-state index >= 15 is 0 Å². The number of aliphatic hydroxyl groups is 1. The van der Waals surface area contributed by atoms with Crippen LogP contribution < -0.4 is 0 Å². The molecular formula is C11H21NO2. The molecule has 1 N–H and O–H groups in total. The van der Waals surface area contributed by atoms with Crippen molar-refractivity contribution in [2.24, 2.45) is 0 Å². The maximum absolute atomic E-state index is 9.31. The van der Waals surface area contributed by atoms with Gasteiger partial charge in [-0.15, -0.1) is 0 Å².